The number of rotatable bonds is 4. The Morgan fingerprint density at radius 1 is 1.21 bits per heavy atom. The van der Waals surface area contributed by atoms with Crippen molar-refractivity contribution < 1.29 is 14.3 Å². The molecule has 0 radical (unpaired) electrons. The summed E-state index contributed by atoms with van der Waals surface area (Å²) in [6, 6.07) is 15.2. The van der Waals surface area contributed by atoms with Gasteiger partial charge in [0.1, 0.15) is 11.9 Å². The Hall–Kier alpha value is -2.04. The summed E-state index contributed by atoms with van der Waals surface area (Å²) in [6.45, 7) is 1.73. The summed E-state index contributed by atoms with van der Waals surface area (Å²) in [5, 5.41) is 0.696. The number of methoxy groups -OCH3 is 1. The van der Waals surface area contributed by atoms with Crippen molar-refractivity contribution in [3.8, 4) is 5.75 Å². The quantitative estimate of drug-likeness (QED) is 0.851. The van der Waals surface area contributed by atoms with Gasteiger partial charge in [-0.05, 0) is 35.4 Å². The van der Waals surface area contributed by atoms with Crippen LogP contribution in [0.2, 0.25) is 5.02 Å². The zero-order valence-electron chi connectivity index (χ0n) is 13.6. The van der Waals surface area contributed by atoms with Gasteiger partial charge in [-0.25, -0.2) is 0 Å². The molecular formula is C19H20ClNO3. The van der Waals surface area contributed by atoms with Crippen LogP contribution in [0.4, 0.5) is 0 Å². The molecule has 0 aliphatic carbocycles. The molecule has 3 rings (SSSR count). The molecular weight excluding hydrogens is 326 g/mol. The van der Waals surface area contributed by atoms with Gasteiger partial charge in [-0.3, -0.25) is 4.79 Å². The second kappa shape index (κ2) is 7.69. The molecule has 0 bridgehead atoms. The largest absolute Gasteiger partial charge is 0.497 e. The van der Waals surface area contributed by atoms with Gasteiger partial charge in [-0.1, -0.05) is 35.9 Å². The molecule has 126 valence electrons. The number of carbonyl (C=O) groups excluding carboxylic acids is 1. The Balaban J connectivity index is 1.63. The van der Waals surface area contributed by atoms with Crippen LogP contribution in [0.25, 0.3) is 0 Å². The SMILES string of the molecule is COc1ccc(CC(=O)N2CCOC(c3ccc(Cl)cc3)C2)cc1. The minimum Gasteiger partial charge on any atom is -0.497 e. The van der Waals surface area contributed by atoms with E-state index in [1.54, 1.807) is 7.11 Å². The third-order valence-corrected chi connectivity index (χ3v) is 4.43. The van der Waals surface area contributed by atoms with Crippen molar-refractivity contribution >= 4 is 17.5 Å². The number of halogens is 1. The molecule has 1 atom stereocenters. The van der Waals surface area contributed by atoms with E-state index in [-0.39, 0.29) is 12.0 Å². The first-order valence-electron chi connectivity index (χ1n) is 7.93. The van der Waals surface area contributed by atoms with Gasteiger partial charge in [0.25, 0.3) is 0 Å². The van der Waals surface area contributed by atoms with Crippen molar-refractivity contribution in [3.63, 3.8) is 0 Å². The molecule has 1 unspecified atom stereocenters. The summed E-state index contributed by atoms with van der Waals surface area (Å²) in [7, 11) is 1.63. The maximum Gasteiger partial charge on any atom is 0.227 e. The minimum absolute atomic E-state index is 0.101. The minimum atomic E-state index is -0.101. The summed E-state index contributed by atoms with van der Waals surface area (Å²) in [5.41, 5.74) is 2.02. The normalized spacial score (nSPS) is 17.6. The highest BCUT2D eigenvalue weighted by molar-refractivity contribution is 6.30. The van der Waals surface area contributed by atoms with E-state index in [1.165, 1.54) is 0 Å². The van der Waals surface area contributed by atoms with E-state index >= 15 is 0 Å². The van der Waals surface area contributed by atoms with E-state index in [9.17, 15) is 4.79 Å². The molecule has 1 aliphatic rings. The zero-order valence-corrected chi connectivity index (χ0v) is 14.3. The van der Waals surface area contributed by atoms with E-state index in [2.05, 4.69) is 0 Å². The Bertz CT molecular complexity index is 685. The molecule has 1 heterocycles. The molecule has 4 nitrogen and oxygen atoms in total. The van der Waals surface area contributed by atoms with Crippen molar-refractivity contribution in [2.24, 2.45) is 0 Å². The van der Waals surface area contributed by atoms with Crippen LogP contribution in [0.1, 0.15) is 17.2 Å². The number of benzene rings is 2. The highest BCUT2D eigenvalue weighted by atomic mass is 35.5. The molecule has 0 aromatic heterocycles. The summed E-state index contributed by atoms with van der Waals surface area (Å²) in [5.74, 6) is 0.905. The molecule has 5 heteroatoms. The second-order valence-electron chi connectivity index (χ2n) is 5.78. The van der Waals surface area contributed by atoms with Crippen molar-refractivity contribution in [1.82, 2.24) is 4.90 Å². The zero-order chi connectivity index (χ0) is 16.9. The van der Waals surface area contributed by atoms with Crippen molar-refractivity contribution in [2.45, 2.75) is 12.5 Å². The molecule has 0 N–H and O–H groups in total. The monoisotopic (exact) mass is 345 g/mol. The van der Waals surface area contributed by atoms with Gasteiger partial charge in [0.05, 0.1) is 26.7 Å². The summed E-state index contributed by atoms with van der Waals surface area (Å²) in [6.07, 6.45) is 0.285. The van der Waals surface area contributed by atoms with Crippen LogP contribution >= 0.6 is 11.6 Å². The lowest BCUT2D eigenvalue weighted by Crippen LogP contribution is -2.42. The van der Waals surface area contributed by atoms with Crippen LogP contribution in [-0.2, 0) is 16.0 Å². The Labute approximate surface area is 146 Å². The van der Waals surface area contributed by atoms with Gasteiger partial charge in [-0.15, -0.1) is 0 Å². The summed E-state index contributed by atoms with van der Waals surface area (Å²) >= 11 is 5.93. The lowest BCUT2D eigenvalue weighted by molar-refractivity contribution is -0.138. The highest BCUT2D eigenvalue weighted by Crippen LogP contribution is 2.24. The van der Waals surface area contributed by atoms with Crippen molar-refractivity contribution in [2.75, 3.05) is 26.8 Å². The van der Waals surface area contributed by atoms with Gasteiger partial charge in [0.15, 0.2) is 0 Å². The number of morpholine rings is 1. The van der Waals surface area contributed by atoms with E-state index in [0.29, 0.717) is 31.1 Å². The number of amides is 1. The number of ether oxygens (including phenoxy) is 2. The van der Waals surface area contributed by atoms with Crippen molar-refractivity contribution in [1.29, 1.82) is 0 Å². The molecule has 1 amide bonds. The van der Waals surface area contributed by atoms with Gasteiger partial charge in [0.2, 0.25) is 5.91 Å². The Morgan fingerprint density at radius 2 is 1.92 bits per heavy atom. The van der Waals surface area contributed by atoms with E-state index < -0.39 is 0 Å². The maximum absolute atomic E-state index is 12.6. The molecule has 2 aromatic carbocycles. The van der Waals surface area contributed by atoms with Gasteiger partial charge >= 0.3 is 0 Å². The van der Waals surface area contributed by atoms with Crippen LogP contribution < -0.4 is 4.74 Å². The third kappa shape index (κ3) is 4.08. The fourth-order valence-electron chi connectivity index (χ4n) is 2.78. The van der Waals surface area contributed by atoms with Crippen LogP contribution in [0.3, 0.4) is 0 Å². The maximum atomic E-state index is 12.6. The topological polar surface area (TPSA) is 38.8 Å². The molecule has 0 saturated carbocycles. The first-order chi connectivity index (χ1) is 11.7. The summed E-state index contributed by atoms with van der Waals surface area (Å²) in [4.78, 5) is 14.4. The lowest BCUT2D eigenvalue weighted by atomic mass is 10.1. The predicted molar refractivity (Wildman–Crippen MR) is 93.4 cm³/mol. The van der Waals surface area contributed by atoms with E-state index in [4.69, 9.17) is 21.1 Å². The number of carbonyl (C=O) groups is 1. The van der Waals surface area contributed by atoms with Crippen LogP contribution in [0, 0.1) is 0 Å². The molecule has 2 aromatic rings. The fraction of sp³-hybridized carbons (Fsp3) is 0.316. The van der Waals surface area contributed by atoms with Crippen LogP contribution in [-0.4, -0.2) is 37.6 Å². The first-order valence-corrected chi connectivity index (χ1v) is 8.31. The Morgan fingerprint density at radius 3 is 2.58 bits per heavy atom. The van der Waals surface area contributed by atoms with E-state index in [1.807, 2.05) is 53.4 Å². The van der Waals surface area contributed by atoms with Gasteiger partial charge in [0, 0.05) is 11.6 Å². The Kier molecular flexibility index (Phi) is 5.38. The van der Waals surface area contributed by atoms with Gasteiger partial charge < -0.3 is 14.4 Å². The predicted octanol–water partition coefficient (Wildman–Crippen LogP) is 3.49. The smallest absolute Gasteiger partial charge is 0.227 e. The van der Waals surface area contributed by atoms with Crippen LogP contribution in [0.5, 0.6) is 5.75 Å². The first kappa shape index (κ1) is 16.8. The average Bonchev–Trinajstić information content (AvgIpc) is 2.63. The molecule has 0 spiro atoms. The lowest BCUT2D eigenvalue weighted by Gasteiger charge is -2.33. The van der Waals surface area contributed by atoms with Gasteiger partial charge in [-0.2, -0.15) is 0 Å². The molecule has 1 aliphatic heterocycles. The van der Waals surface area contributed by atoms with E-state index in [0.717, 1.165) is 16.9 Å². The molecule has 1 saturated heterocycles. The third-order valence-electron chi connectivity index (χ3n) is 4.18. The second-order valence-corrected chi connectivity index (χ2v) is 6.21. The number of hydrogen-bond donors (Lipinski definition) is 0. The summed E-state index contributed by atoms with van der Waals surface area (Å²) < 4.78 is 11.0. The van der Waals surface area contributed by atoms with Crippen molar-refractivity contribution in [3.05, 3.63) is 64.7 Å². The van der Waals surface area contributed by atoms with Crippen LogP contribution in [0.15, 0.2) is 48.5 Å². The molecule has 24 heavy (non-hydrogen) atoms. The standard InChI is InChI=1S/C19H20ClNO3/c1-23-17-8-2-14(3-9-17)12-19(22)21-10-11-24-18(13-21)15-4-6-16(20)7-5-15/h2-9,18H,10-13H2,1H3. The average molecular weight is 346 g/mol. The molecule has 1 fully saturated rings. The number of hydrogen-bond acceptors (Lipinski definition) is 3. The fourth-order valence-corrected chi connectivity index (χ4v) is 2.91. The number of nitrogens with zero attached hydrogens (tertiary/aromatic N) is 1. The highest BCUT2D eigenvalue weighted by Gasteiger charge is 2.25.